The van der Waals surface area contributed by atoms with E-state index in [9.17, 15) is 0 Å². The molecule has 26 heavy (non-hydrogen) atoms. The van der Waals surface area contributed by atoms with Gasteiger partial charge in [-0.2, -0.15) is 0 Å². The number of benzene rings is 3. The second kappa shape index (κ2) is 6.43. The van der Waals surface area contributed by atoms with Crippen molar-refractivity contribution < 1.29 is 0 Å². The predicted octanol–water partition coefficient (Wildman–Crippen LogP) is 5.89. The van der Waals surface area contributed by atoms with Crippen molar-refractivity contribution >= 4 is 33.1 Å². The van der Waals surface area contributed by atoms with Crippen molar-refractivity contribution in [1.82, 2.24) is 9.55 Å². The number of aromatic nitrogens is 2. The molecule has 3 heteroatoms. The van der Waals surface area contributed by atoms with Gasteiger partial charge in [-0.1, -0.05) is 60.7 Å². The van der Waals surface area contributed by atoms with E-state index >= 15 is 0 Å². The minimum absolute atomic E-state index is 0.836. The third-order valence-corrected chi connectivity index (χ3v) is 5.73. The topological polar surface area (TPSA) is 17.8 Å². The molecule has 2 heterocycles. The normalized spacial score (nSPS) is 11.4. The van der Waals surface area contributed by atoms with Crippen molar-refractivity contribution in [2.75, 3.05) is 0 Å². The number of para-hydroxylation sites is 2. The van der Waals surface area contributed by atoms with E-state index in [4.69, 9.17) is 4.98 Å². The van der Waals surface area contributed by atoms with Gasteiger partial charge in [0.1, 0.15) is 5.82 Å². The summed E-state index contributed by atoms with van der Waals surface area (Å²) in [4.78, 5) is 6.28. The Hall–Kier alpha value is -2.91. The lowest BCUT2D eigenvalue weighted by molar-refractivity contribution is 0.769. The lowest BCUT2D eigenvalue weighted by atomic mass is 10.0. The van der Waals surface area contributed by atoms with Crippen LogP contribution >= 0.6 is 11.3 Å². The standard InChI is InChI=1S/C23H18N2S/c1-2-11-20-17(7-1)8-5-9-18(20)16-25-22-13-4-3-12-21(22)24-23(25)15-19-10-6-14-26-19/h1-14H,15-16H2. The van der Waals surface area contributed by atoms with Crippen molar-refractivity contribution in [3.63, 3.8) is 0 Å². The van der Waals surface area contributed by atoms with Crippen LogP contribution in [0.5, 0.6) is 0 Å². The number of hydrogen-bond acceptors (Lipinski definition) is 2. The Bertz CT molecular complexity index is 1180. The third-order valence-electron chi connectivity index (χ3n) is 4.85. The molecule has 5 aromatic rings. The van der Waals surface area contributed by atoms with E-state index in [-0.39, 0.29) is 0 Å². The molecule has 0 N–H and O–H groups in total. The molecule has 0 bridgehead atoms. The monoisotopic (exact) mass is 354 g/mol. The Morgan fingerprint density at radius 3 is 2.58 bits per heavy atom. The van der Waals surface area contributed by atoms with Crippen LogP contribution < -0.4 is 0 Å². The SMILES string of the molecule is c1csc(Cc2nc3ccccc3n2Cc2cccc3ccccc23)c1. The van der Waals surface area contributed by atoms with Crippen LogP contribution in [0.3, 0.4) is 0 Å². The quantitative estimate of drug-likeness (QED) is 0.393. The molecule has 0 atom stereocenters. The molecule has 126 valence electrons. The highest BCUT2D eigenvalue weighted by atomic mass is 32.1. The van der Waals surface area contributed by atoms with Crippen LogP contribution in [0.15, 0.2) is 84.2 Å². The van der Waals surface area contributed by atoms with Gasteiger partial charge in [0.2, 0.25) is 0 Å². The van der Waals surface area contributed by atoms with E-state index in [0.717, 1.165) is 24.3 Å². The van der Waals surface area contributed by atoms with Crippen molar-refractivity contribution in [2.24, 2.45) is 0 Å². The molecule has 0 aliphatic rings. The maximum atomic E-state index is 4.93. The number of rotatable bonds is 4. The van der Waals surface area contributed by atoms with Crippen LogP contribution in [-0.4, -0.2) is 9.55 Å². The van der Waals surface area contributed by atoms with Crippen LogP contribution in [0.1, 0.15) is 16.3 Å². The molecule has 2 nitrogen and oxygen atoms in total. The molecule has 0 saturated heterocycles. The predicted molar refractivity (Wildman–Crippen MR) is 110 cm³/mol. The number of hydrogen-bond donors (Lipinski definition) is 0. The fourth-order valence-electron chi connectivity index (χ4n) is 3.61. The first kappa shape index (κ1) is 15.4. The zero-order chi connectivity index (χ0) is 17.3. The van der Waals surface area contributed by atoms with E-state index in [1.807, 2.05) is 0 Å². The Morgan fingerprint density at radius 2 is 1.65 bits per heavy atom. The molecule has 0 spiro atoms. The first-order valence-corrected chi connectivity index (χ1v) is 9.69. The highest BCUT2D eigenvalue weighted by Gasteiger charge is 2.13. The van der Waals surface area contributed by atoms with Crippen molar-refractivity contribution in [2.45, 2.75) is 13.0 Å². The summed E-state index contributed by atoms with van der Waals surface area (Å²) in [6.45, 7) is 0.836. The largest absolute Gasteiger partial charge is 0.323 e. The fourth-order valence-corrected chi connectivity index (χ4v) is 4.31. The summed E-state index contributed by atoms with van der Waals surface area (Å²) in [7, 11) is 0. The molecule has 3 aromatic carbocycles. The Kier molecular flexibility index (Phi) is 3.80. The van der Waals surface area contributed by atoms with Gasteiger partial charge < -0.3 is 4.57 Å². The second-order valence-corrected chi connectivity index (χ2v) is 7.53. The summed E-state index contributed by atoms with van der Waals surface area (Å²) >= 11 is 1.79. The van der Waals surface area contributed by atoms with Crippen LogP contribution in [0.4, 0.5) is 0 Å². The summed E-state index contributed by atoms with van der Waals surface area (Å²) in [6, 6.07) is 27.9. The maximum absolute atomic E-state index is 4.93. The lowest BCUT2D eigenvalue weighted by Gasteiger charge is -2.11. The fraction of sp³-hybridized carbons (Fsp3) is 0.0870. The van der Waals surface area contributed by atoms with Crippen molar-refractivity contribution in [3.05, 3.63) is 101 Å². The summed E-state index contributed by atoms with van der Waals surface area (Å²) in [5.41, 5.74) is 3.60. The van der Waals surface area contributed by atoms with Gasteiger partial charge in [-0.25, -0.2) is 4.98 Å². The molecular weight excluding hydrogens is 336 g/mol. The molecule has 0 amide bonds. The minimum Gasteiger partial charge on any atom is -0.323 e. The average Bonchev–Trinajstić information content (AvgIpc) is 3.31. The summed E-state index contributed by atoms with van der Waals surface area (Å²) < 4.78 is 2.37. The number of thiophene rings is 1. The van der Waals surface area contributed by atoms with Crippen LogP contribution in [0.25, 0.3) is 21.8 Å². The van der Waals surface area contributed by atoms with Crippen LogP contribution in [0, 0.1) is 0 Å². The van der Waals surface area contributed by atoms with E-state index in [1.54, 1.807) is 11.3 Å². The zero-order valence-corrected chi connectivity index (χ0v) is 15.1. The lowest BCUT2D eigenvalue weighted by Crippen LogP contribution is -2.06. The van der Waals surface area contributed by atoms with Gasteiger partial charge in [0.05, 0.1) is 11.0 Å². The molecule has 0 fully saturated rings. The Labute approximate surface area is 156 Å². The highest BCUT2D eigenvalue weighted by molar-refractivity contribution is 7.09. The smallest absolute Gasteiger partial charge is 0.115 e. The second-order valence-electron chi connectivity index (χ2n) is 6.50. The molecule has 0 aliphatic heterocycles. The third kappa shape index (κ3) is 2.71. The van der Waals surface area contributed by atoms with E-state index < -0.39 is 0 Å². The van der Waals surface area contributed by atoms with Gasteiger partial charge in [-0.05, 0) is 39.9 Å². The van der Waals surface area contributed by atoms with E-state index in [2.05, 4.69) is 88.8 Å². The maximum Gasteiger partial charge on any atom is 0.115 e. The molecule has 0 radical (unpaired) electrons. The van der Waals surface area contributed by atoms with Crippen molar-refractivity contribution in [1.29, 1.82) is 0 Å². The van der Waals surface area contributed by atoms with Crippen LogP contribution in [-0.2, 0) is 13.0 Å². The van der Waals surface area contributed by atoms with Crippen molar-refractivity contribution in [3.8, 4) is 0 Å². The molecule has 0 aliphatic carbocycles. The van der Waals surface area contributed by atoms with Gasteiger partial charge in [0, 0.05) is 17.8 Å². The van der Waals surface area contributed by atoms with Gasteiger partial charge in [-0.3, -0.25) is 0 Å². The summed E-state index contributed by atoms with van der Waals surface area (Å²) in [6.07, 6.45) is 0.872. The number of imidazole rings is 1. The molecule has 5 rings (SSSR count). The van der Waals surface area contributed by atoms with Gasteiger partial charge in [0.25, 0.3) is 0 Å². The molecule has 0 saturated carbocycles. The first-order valence-electron chi connectivity index (χ1n) is 8.82. The average molecular weight is 354 g/mol. The molecular formula is C23H18N2S. The number of fused-ring (bicyclic) bond motifs is 2. The Morgan fingerprint density at radius 1 is 0.808 bits per heavy atom. The summed E-state index contributed by atoms with van der Waals surface area (Å²) in [5.74, 6) is 1.13. The van der Waals surface area contributed by atoms with Gasteiger partial charge in [0.15, 0.2) is 0 Å². The molecule has 2 aromatic heterocycles. The first-order chi connectivity index (χ1) is 12.9. The number of nitrogens with zero attached hydrogens (tertiary/aromatic N) is 2. The summed E-state index contributed by atoms with van der Waals surface area (Å²) in [5, 5.41) is 4.73. The zero-order valence-electron chi connectivity index (χ0n) is 14.3. The minimum atomic E-state index is 0.836. The Balaban J connectivity index is 1.65. The van der Waals surface area contributed by atoms with E-state index in [1.165, 1.54) is 26.7 Å². The van der Waals surface area contributed by atoms with Gasteiger partial charge >= 0.3 is 0 Å². The van der Waals surface area contributed by atoms with E-state index in [0.29, 0.717) is 0 Å². The van der Waals surface area contributed by atoms with Crippen LogP contribution in [0.2, 0.25) is 0 Å². The van der Waals surface area contributed by atoms with Gasteiger partial charge in [-0.15, -0.1) is 11.3 Å². The molecule has 0 unspecified atom stereocenters. The highest BCUT2D eigenvalue weighted by Crippen LogP contribution is 2.25.